The number of hydrogen-bond donors (Lipinski definition) is 1. The van der Waals surface area contributed by atoms with E-state index in [1.807, 2.05) is 46.7 Å². The fourth-order valence-corrected chi connectivity index (χ4v) is 3.63. The Hall–Kier alpha value is -2.63. The number of likely N-dealkylation sites (tertiary alicyclic amines) is 1. The molecule has 1 atom stereocenters. The molecule has 0 aliphatic carbocycles. The number of imidazole rings is 1. The number of nitrogens with zero attached hydrogens (tertiary/aromatic N) is 4. The summed E-state index contributed by atoms with van der Waals surface area (Å²) in [7, 11) is 0. The van der Waals surface area contributed by atoms with Crippen LogP contribution in [0.5, 0.6) is 0 Å². The van der Waals surface area contributed by atoms with Gasteiger partial charge in [-0.1, -0.05) is 6.07 Å². The Kier molecular flexibility index (Phi) is 3.80. The summed E-state index contributed by atoms with van der Waals surface area (Å²) < 4.78 is 2.02. The Labute approximate surface area is 140 Å². The van der Waals surface area contributed by atoms with Gasteiger partial charge in [-0.15, -0.1) is 0 Å². The molecule has 124 valence electrons. The molecule has 1 saturated heterocycles. The highest BCUT2D eigenvalue weighted by atomic mass is 16.2. The molecule has 4 heterocycles. The molecule has 3 aromatic heterocycles. The van der Waals surface area contributed by atoms with E-state index in [-0.39, 0.29) is 11.9 Å². The minimum Gasteiger partial charge on any atom is -0.334 e. The molecule has 0 unspecified atom stereocenters. The quantitative estimate of drug-likeness (QED) is 0.806. The Morgan fingerprint density at radius 2 is 2.25 bits per heavy atom. The number of carbonyl (C=O) groups excluding carboxylic acids is 1. The van der Waals surface area contributed by atoms with Crippen molar-refractivity contribution in [2.45, 2.75) is 38.6 Å². The Bertz CT molecular complexity index is 852. The number of piperidine rings is 1. The largest absolute Gasteiger partial charge is 0.334 e. The molecule has 0 spiro atoms. The van der Waals surface area contributed by atoms with Crippen molar-refractivity contribution in [2.75, 3.05) is 6.54 Å². The molecular weight excluding hydrogens is 302 g/mol. The summed E-state index contributed by atoms with van der Waals surface area (Å²) in [6, 6.07) is 7.97. The second kappa shape index (κ2) is 6.11. The van der Waals surface area contributed by atoms with Crippen molar-refractivity contribution in [1.82, 2.24) is 24.5 Å². The van der Waals surface area contributed by atoms with Gasteiger partial charge in [0.15, 0.2) is 0 Å². The number of carbonyl (C=O) groups is 1. The first kappa shape index (κ1) is 14.9. The number of pyridine rings is 1. The summed E-state index contributed by atoms with van der Waals surface area (Å²) in [5, 5.41) is 7.07. The lowest BCUT2D eigenvalue weighted by atomic mass is 9.98. The predicted octanol–water partition coefficient (Wildman–Crippen LogP) is 2.66. The van der Waals surface area contributed by atoms with E-state index in [9.17, 15) is 4.79 Å². The summed E-state index contributed by atoms with van der Waals surface area (Å²) >= 11 is 0. The summed E-state index contributed by atoms with van der Waals surface area (Å²) in [6.45, 7) is 2.77. The molecule has 1 amide bonds. The number of nitrogens with one attached hydrogen (secondary N) is 1. The van der Waals surface area contributed by atoms with E-state index in [2.05, 4.69) is 15.2 Å². The zero-order valence-corrected chi connectivity index (χ0v) is 13.8. The van der Waals surface area contributed by atoms with Crippen LogP contribution >= 0.6 is 0 Å². The van der Waals surface area contributed by atoms with Crippen LogP contribution < -0.4 is 0 Å². The van der Waals surface area contributed by atoms with Gasteiger partial charge in [0.1, 0.15) is 5.65 Å². The van der Waals surface area contributed by atoms with Gasteiger partial charge in [0, 0.05) is 18.9 Å². The van der Waals surface area contributed by atoms with Crippen LogP contribution in [0.25, 0.3) is 5.65 Å². The van der Waals surface area contributed by atoms with Crippen LogP contribution in [0.3, 0.4) is 0 Å². The van der Waals surface area contributed by atoms with Crippen LogP contribution in [-0.2, 0) is 11.2 Å². The van der Waals surface area contributed by atoms with Gasteiger partial charge < -0.3 is 9.30 Å². The van der Waals surface area contributed by atoms with Gasteiger partial charge in [0.2, 0.25) is 5.91 Å². The monoisotopic (exact) mass is 323 g/mol. The van der Waals surface area contributed by atoms with Crippen molar-refractivity contribution in [1.29, 1.82) is 0 Å². The number of aromatic amines is 1. The molecular formula is C18H21N5O. The molecule has 1 N–H and O–H groups in total. The normalized spacial score (nSPS) is 18.2. The zero-order valence-electron chi connectivity index (χ0n) is 13.8. The van der Waals surface area contributed by atoms with Crippen LogP contribution in [0.2, 0.25) is 0 Å². The topological polar surface area (TPSA) is 66.3 Å². The van der Waals surface area contributed by atoms with E-state index in [0.717, 1.165) is 48.5 Å². The van der Waals surface area contributed by atoms with E-state index in [1.54, 1.807) is 6.20 Å². The van der Waals surface area contributed by atoms with Gasteiger partial charge in [-0.05, 0) is 44.4 Å². The fraction of sp³-hybridized carbons (Fsp3) is 0.389. The summed E-state index contributed by atoms with van der Waals surface area (Å²) in [5.41, 5.74) is 3.81. The third-order valence-corrected chi connectivity index (χ3v) is 4.85. The standard InChI is InChI=1S/C18H21N5O/c1-13-16(22-10-5-3-7-17(22)20-13)12-18(24)23-11-4-2-6-15(23)14-8-9-19-21-14/h3,5,7-10,15H,2,4,6,11-12H2,1H3,(H,19,21)/t15-/m1/s1. The highest BCUT2D eigenvalue weighted by molar-refractivity contribution is 5.79. The SMILES string of the molecule is Cc1nc2ccccn2c1CC(=O)N1CCCC[C@@H]1c1ccn[nH]1. The number of fused-ring (bicyclic) bond motifs is 1. The molecule has 1 aliphatic rings. The number of aryl methyl sites for hydroxylation is 1. The van der Waals surface area contributed by atoms with E-state index >= 15 is 0 Å². The Morgan fingerprint density at radius 1 is 1.33 bits per heavy atom. The molecule has 24 heavy (non-hydrogen) atoms. The minimum absolute atomic E-state index is 0.105. The van der Waals surface area contributed by atoms with Gasteiger partial charge in [0.05, 0.1) is 29.5 Å². The number of hydrogen-bond acceptors (Lipinski definition) is 3. The van der Waals surface area contributed by atoms with E-state index in [1.165, 1.54) is 0 Å². The van der Waals surface area contributed by atoms with Gasteiger partial charge in [0.25, 0.3) is 0 Å². The first-order valence-corrected chi connectivity index (χ1v) is 8.45. The molecule has 4 rings (SSSR count). The lowest BCUT2D eigenvalue weighted by Crippen LogP contribution is -2.39. The third-order valence-electron chi connectivity index (χ3n) is 4.85. The molecule has 6 nitrogen and oxygen atoms in total. The Morgan fingerprint density at radius 3 is 3.08 bits per heavy atom. The summed E-state index contributed by atoms with van der Waals surface area (Å²) in [4.78, 5) is 19.6. The van der Waals surface area contributed by atoms with E-state index in [4.69, 9.17) is 0 Å². The number of aromatic nitrogens is 4. The summed E-state index contributed by atoms with van der Waals surface area (Å²) in [5.74, 6) is 0.156. The fourth-order valence-electron chi connectivity index (χ4n) is 3.63. The molecule has 3 aromatic rings. The van der Waals surface area contributed by atoms with Crippen LogP contribution in [-0.4, -0.2) is 36.9 Å². The summed E-state index contributed by atoms with van der Waals surface area (Å²) in [6.07, 6.45) is 7.29. The van der Waals surface area contributed by atoms with E-state index in [0.29, 0.717) is 6.42 Å². The maximum absolute atomic E-state index is 13.0. The van der Waals surface area contributed by atoms with Crippen LogP contribution in [0.1, 0.15) is 42.4 Å². The van der Waals surface area contributed by atoms with E-state index < -0.39 is 0 Å². The Balaban J connectivity index is 1.61. The van der Waals surface area contributed by atoms with Crippen molar-refractivity contribution in [3.63, 3.8) is 0 Å². The van der Waals surface area contributed by atoms with Crippen molar-refractivity contribution >= 4 is 11.6 Å². The van der Waals surface area contributed by atoms with Crippen molar-refractivity contribution in [2.24, 2.45) is 0 Å². The molecule has 0 aromatic carbocycles. The number of amides is 1. The predicted molar refractivity (Wildman–Crippen MR) is 90.5 cm³/mol. The van der Waals surface area contributed by atoms with Crippen LogP contribution in [0.4, 0.5) is 0 Å². The smallest absolute Gasteiger partial charge is 0.229 e. The average molecular weight is 323 g/mol. The zero-order chi connectivity index (χ0) is 16.5. The van der Waals surface area contributed by atoms with Crippen LogP contribution in [0.15, 0.2) is 36.7 Å². The highest BCUT2D eigenvalue weighted by Crippen LogP contribution is 2.30. The lowest BCUT2D eigenvalue weighted by molar-refractivity contribution is -0.134. The second-order valence-electron chi connectivity index (χ2n) is 6.36. The molecule has 0 saturated carbocycles. The number of H-pyrrole nitrogens is 1. The van der Waals surface area contributed by atoms with Gasteiger partial charge in [-0.2, -0.15) is 5.10 Å². The molecule has 0 radical (unpaired) electrons. The van der Waals surface area contributed by atoms with Crippen molar-refractivity contribution < 1.29 is 4.79 Å². The molecule has 1 fully saturated rings. The maximum Gasteiger partial charge on any atom is 0.229 e. The lowest BCUT2D eigenvalue weighted by Gasteiger charge is -2.35. The highest BCUT2D eigenvalue weighted by Gasteiger charge is 2.29. The third kappa shape index (κ3) is 2.58. The maximum atomic E-state index is 13.0. The minimum atomic E-state index is 0.105. The number of rotatable bonds is 3. The molecule has 1 aliphatic heterocycles. The van der Waals surface area contributed by atoms with Crippen LogP contribution in [0, 0.1) is 6.92 Å². The van der Waals surface area contributed by atoms with Gasteiger partial charge in [-0.3, -0.25) is 9.89 Å². The van der Waals surface area contributed by atoms with Gasteiger partial charge >= 0.3 is 0 Å². The van der Waals surface area contributed by atoms with Gasteiger partial charge in [-0.25, -0.2) is 4.98 Å². The molecule has 0 bridgehead atoms. The first-order valence-electron chi connectivity index (χ1n) is 8.45. The second-order valence-corrected chi connectivity index (χ2v) is 6.36. The average Bonchev–Trinajstić information content (AvgIpc) is 3.24. The van der Waals surface area contributed by atoms with Crippen molar-refractivity contribution in [3.05, 3.63) is 53.7 Å². The molecule has 6 heteroatoms. The van der Waals surface area contributed by atoms with Crippen molar-refractivity contribution in [3.8, 4) is 0 Å². The first-order chi connectivity index (χ1) is 11.7.